The minimum Gasteiger partial charge on any atom is -0.468 e. The molecular formula is C26H22Cl2N4O6. The molecule has 10 nitrogen and oxygen atoms in total. The molecule has 0 radical (unpaired) electrons. The molecule has 0 saturated heterocycles. The lowest BCUT2D eigenvalue weighted by molar-refractivity contribution is -0.385. The van der Waals surface area contributed by atoms with Crippen molar-refractivity contribution in [3.05, 3.63) is 92.0 Å². The molecule has 0 bridgehead atoms. The number of carbonyl (C=O) groups excluding carboxylic acids is 2. The number of rotatable bonds is 8. The second-order valence-corrected chi connectivity index (χ2v) is 9.25. The summed E-state index contributed by atoms with van der Waals surface area (Å²) in [6, 6.07) is 11.5. The fourth-order valence-corrected chi connectivity index (χ4v) is 4.85. The number of carbonyl (C=O) groups is 2. The number of methoxy groups -OCH3 is 2. The van der Waals surface area contributed by atoms with Gasteiger partial charge in [-0.15, -0.1) is 0 Å². The average Bonchev–Trinajstić information content (AvgIpc) is 3.25. The van der Waals surface area contributed by atoms with Crippen molar-refractivity contribution in [3.63, 3.8) is 0 Å². The quantitative estimate of drug-likeness (QED) is 0.125. The number of hydrogen-bond donors (Lipinski definition) is 0. The van der Waals surface area contributed by atoms with Gasteiger partial charge in [-0.05, 0) is 43.2 Å². The van der Waals surface area contributed by atoms with Crippen LogP contribution in [0.4, 0.5) is 5.69 Å². The van der Waals surface area contributed by atoms with Crippen molar-refractivity contribution in [2.24, 2.45) is 5.92 Å². The second-order valence-electron chi connectivity index (χ2n) is 8.44. The third-order valence-corrected chi connectivity index (χ3v) is 7.00. The zero-order chi connectivity index (χ0) is 27.6. The van der Waals surface area contributed by atoms with Crippen molar-refractivity contribution >= 4 is 51.9 Å². The standard InChI is InChI=1S/C26H22Cl2N4O6/c1-14-30-21-13-29-9-8-22(21)31(14)17-6-4-15(5-7-17)18(24(25(33)37-2)26(34)38-3)10-16-11-19(27)20(28)12-23(16)32(35)36/h4-9,11-13,18,24H,10H2,1-3H3. The number of nitro groups is 1. The lowest BCUT2D eigenvalue weighted by Gasteiger charge is -2.24. The van der Waals surface area contributed by atoms with Crippen molar-refractivity contribution in [1.82, 2.24) is 14.5 Å². The van der Waals surface area contributed by atoms with E-state index in [0.717, 1.165) is 42.8 Å². The van der Waals surface area contributed by atoms with Gasteiger partial charge in [0.15, 0.2) is 5.92 Å². The van der Waals surface area contributed by atoms with Crippen LogP contribution in [-0.2, 0) is 25.5 Å². The molecule has 0 fully saturated rings. The van der Waals surface area contributed by atoms with E-state index in [4.69, 9.17) is 32.7 Å². The van der Waals surface area contributed by atoms with Crippen LogP contribution in [0.5, 0.6) is 0 Å². The predicted octanol–water partition coefficient (Wildman–Crippen LogP) is 5.23. The average molecular weight is 557 g/mol. The molecule has 0 N–H and O–H groups in total. The number of esters is 2. The van der Waals surface area contributed by atoms with Crippen molar-refractivity contribution in [3.8, 4) is 5.69 Å². The summed E-state index contributed by atoms with van der Waals surface area (Å²) in [6.07, 6.45) is 3.25. The Morgan fingerprint density at radius 3 is 2.29 bits per heavy atom. The van der Waals surface area contributed by atoms with Crippen LogP contribution in [0.1, 0.15) is 22.9 Å². The Labute approximate surface area is 227 Å². The number of halogens is 2. The molecule has 2 heterocycles. The molecule has 12 heteroatoms. The van der Waals surface area contributed by atoms with E-state index >= 15 is 0 Å². The molecule has 4 aromatic rings. The number of aryl methyl sites for hydroxylation is 1. The van der Waals surface area contributed by atoms with Crippen molar-refractivity contribution in [2.75, 3.05) is 14.2 Å². The number of nitro benzene ring substituents is 1. The maximum Gasteiger partial charge on any atom is 0.320 e. The zero-order valence-corrected chi connectivity index (χ0v) is 22.1. The normalized spacial score (nSPS) is 11.9. The van der Waals surface area contributed by atoms with E-state index in [1.54, 1.807) is 24.5 Å². The highest BCUT2D eigenvalue weighted by molar-refractivity contribution is 6.42. The van der Waals surface area contributed by atoms with Gasteiger partial charge in [0.05, 0.1) is 40.9 Å². The van der Waals surface area contributed by atoms with Gasteiger partial charge in [-0.1, -0.05) is 35.3 Å². The third-order valence-electron chi connectivity index (χ3n) is 6.27. The molecule has 2 aromatic heterocycles. The first kappa shape index (κ1) is 27.0. The van der Waals surface area contributed by atoms with Gasteiger partial charge in [0.1, 0.15) is 11.3 Å². The SMILES string of the molecule is COC(=O)C(C(=O)OC)C(Cc1cc(Cl)c(Cl)cc1[N+](=O)[O-])c1ccc(-n2c(C)nc3cnccc32)cc1. The molecule has 0 aliphatic heterocycles. The number of imidazole rings is 1. The van der Waals surface area contributed by atoms with Crippen LogP contribution < -0.4 is 0 Å². The van der Waals surface area contributed by atoms with Gasteiger partial charge >= 0.3 is 11.9 Å². The summed E-state index contributed by atoms with van der Waals surface area (Å²) in [6.45, 7) is 1.87. The lowest BCUT2D eigenvalue weighted by atomic mass is 9.81. The third kappa shape index (κ3) is 5.18. The number of pyridine rings is 1. The van der Waals surface area contributed by atoms with Gasteiger partial charge in [0.25, 0.3) is 5.69 Å². The van der Waals surface area contributed by atoms with Crippen LogP contribution in [0.2, 0.25) is 10.0 Å². The van der Waals surface area contributed by atoms with Crippen molar-refractivity contribution < 1.29 is 24.0 Å². The molecule has 196 valence electrons. The summed E-state index contributed by atoms with van der Waals surface area (Å²) in [5.74, 6) is -3.21. The molecule has 2 aromatic carbocycles. The fraction of sp³-hybridized carbons (Fsp3) is 0.231. The molecule has 0 saturated carbocycles. The lowest BCUT2D eigenvalue weighted by Crippen LogP contribution is -2.33. The summed E-state index contributed by atoms with van der Waals surface area (Å²) in [5.41, 5.74) is 2.83. The summed E-state index contributed by atoms with van der Waals surface area (Å²) >= 11 is 12.2. The molecule has 0 spiro atoms. The predicted molar refractivity (Wildman–Crippen MR) is 141 cm³/mol. The molecule has 38 heavy (non-hydrogen) atoms. The van der Waals surface area contributed by atoms with E-state index in [2.05, 4.69) is 9.97 Å². The van der Waals surface area contributed by atoms with Crippen LogP contribution in [0, 0.1) is 23.0 Å². The maximum atomic E-state index is 12.8. The maximum absolute atomic E-state index is 12.8. The van der Waals surface area contributed by atoms with Crippen LogP contribution in [0.3, 0.4) is 0 Å². The molecule has 0 aliphatic rings. The van der Waals surface area contributed by atoms with E-state index in [-0.39, 0.29) is 27.7 Å². The van der Waals surface area contributed by atoms with Crippen molar-refractivity contribution in [1.29, 1.82) is 0 Å². The largest absolute Gasteiger partial charge is 0.468 e. The zero-order valence-electron chi connectivity index (χ0n) is 20.6. The first-order chi connectivity index (χ1) is 18.2. The van der Waals surface area contributed by atoms with E-state index in [0.29, 0.717) is 5.56 Å². The van der Waals surface area contributed by atoms with Gasteiger partial charge in [0.2, 0.25) is 0 Å². The molecule has 1 atom stereocenters. The summed E-state index contributed by atoms with van der Waals surface area (Å²) in [5, 5.41) is 11.9. The van der Waals surface area contributed by atoms with Crippen molar-refractivity contribution in [2.45, 2.75) is 19.3 Å². The first-order valence-electron chi connectivity index (χ1n) is 11.3. The van der Waals surface area contributed by atoms with Gasteiger partial charge < -0.3 is 9.47 Å². The van der Waals surface area contributed by atoms with Gasteiger partial charge in [-0.2, -0.15) is 0 Å². The Hall–Kier alpha value is -4.02. The Bertz CT molecular complexity index is 1520. The Morgan fingerprint density at radius 1 is 1.05 bits per heavy atom. The number of ether oxygens (including phenoxy) is 2. The summed E-state index contributed by atoms with van der Waals surface area (Å²) in [4.78, 5) is 45.4. The highest BCUT2D eigenvalue weighted by atomic mass is 35.5. The molecular weight excluding hydrogens is 535 g/mol. The highest BCUT2D eigenvalue weighted by Gasteiger charge is 2.39. The van der Waals surface area contributed by atoms with E-state index in [9.17, 15) is 19.7 Å². The topological polar surface area (TPSA) is 126 Å². The van der Waals surface area contributed by atoms with Crippen LogP contribution in [-0.4, -0.2) is 45.6 Å². The molecule has 4 rings (SSSR count). The summed E-state index contributed by atoms with van der Waals surface area (Å²) in [7, 11) is 2.31. The number of benzene rings is 2. The molecule has 0 aliphatic carbocycles. The van der Waals surface area contributed by atoms with Crippen LogP contribution >= 0.6 is 23.2 Å². The van der Waals surface area contributed by atoms with E-state index in [1.807, 2.05) is 29.7 Å². The Morgan fingerprint density at radius 2 is 1.68 bits per heavy atom. The minimum atomic E-state index is -1.40. The smallest absolute Gasteiger partial charge is 0.320 e. The monoisotopic (exact) mass is 556 g/mol. The number of fused-ring (bicyclic) bond motifs is 1. The molecule has 0 amide bonds. The van der Waals surface area contributed by atoms with E-state index in [1.165, 1.54) is 6.07 Å². The highest BCUT2D eigenvalue weighted by Crippen LogP contribution is 2.37. The van der Waals surface area contributed by atoms with Gasteiger partial charge in [-0.25, -0.2) is 4.98 Å². The minimum absolute atomic E-state index is 0.0126. The number of hydrogen-bond acceptors (Lipinski definition) is 8. The van der Waals surface area contributed by atoms with Crippen LogP contribution in [0.25, 0.3) is 16.7 Å². The molecule has 1 unspecified atom stereocenters. The fourth-order valence-electron chi connectivity index (χ4n) is 4.50. The summed E-state index contributed by atoms with van der Waals surface area (Å²) < 4.78 is 11.7. The first-order valence-corrected chi connectivity index (χ1v) is 12.1. The Balaban J connectivity index is 1.83. The number of nitrogens with zero attached hydrogens (tertiary/aromatic N) is 4. The number of aromatic nitrogens is 3. The van der Waals surface area contributed by atoms with E-state index < -0.39 is 28.7 Å². The van der Waals surface area contributed by atoms with Crippen LogP contribution in [0.15, 0.2) is 54.9 Å². The van der Waals surface area contributed by atoms with Gasteiger partial charge in [-0.3, -0.25) is 29.3 Å². The Kier molecular flexibility index (Phi) is 7.94. The van der Waals surface area contributed by atoms with Gasteiger partial charge in [0, 0.05) is 29.4 Å². The second kappa shape index (κ2) is 11.2.